The summed E-state index contributed by atoms with van der Waals surface area (Å²) < 4.78 is 41.9. The zero-order valence-electron chi connectivity index (χ0n) is 20.0. The van der Waals surface area contributed by atoms with E-state index in [-0.39, 0.29) is 11.5 Å². The van der Waals surface area contributed by atoms with E-state index in [1.807, 2.05) is 7.05 Å². The molecule has 0 radical (unpaired) electrons. The van der Waals surface area contributed by atoms with Crippen molar-refractivity contribution in [1.29, 1.82) is 0 Å². The fourth-order valence-electron chi connectivity index (χ4n) is 4.77. The number of likely N-dealkylation sites (tertiary alicyclic amines) is 1. The van der Waals surface area contributed by atoms with Crippen molar-refractivity contribution < 1.29 is 23.0 Å². The molecule has 2 saturated heterocycles. The van der Waals surface area contributed by atoms with Crippen molar-refractivity contribution in [2.75, 3.05) is 48.4 Å². The fourth-order valence-corrected chi connectivity index (χ4v) is 5.35. The largest absolute Gasteiger partial charge is 0.494 e. The van der Waals surface area contributed by atoms with Crippen LogP contribution in [0.2, 0.25) is 0 Å². The van der Waals surface area contributed by atoms with Crippen LogP contribution in [0.25, 0.3) is 10.9 Å². The number of nitrogens with zero attached hydrogens (tertiary/aromatic N) is 4. The lowest BCUT2D eigenvalue weighted by molar-refractivity contribution is 0.00678. The molecule has 3 heterocycles. The Hall–Kier alpha value is -2.80. The molecule has 0 bridgehead atoms. The minimum Gasteiger partial charge on any atom is -0.494 e. The first-order valence-electron chi connectivity index (χ1n) is 11.7. The number of carbonyl (C=O) groups excluding carboxylic acids is 1. The number of carbonyl (C=O) groups is 1. The molecule has 2 aliphatic heterocycles. The Morgan fingerprint density at radius 2 is 2.00 bits per heavy atom. The molecule has 11 heteroatoms. The van der Waals surface area contributed by atoms with Gasteiger partial charge in [0.2, 0.25) is 0 Å². The average Bonchev–Trinajstić information content (AvgIpc) is 3.20. The van der Waals surface area contributed by atoms with E-state index in [0.29, 0.717) is 45.3 Å². The van der Waals surface area contributed by atoms with Gasteiger partial charge >= 0.3 is 6.09 Å². The standard InChI is InChI=1S/C25H26F2IN5O3/c1-32-9-6-25(7-10-32)13-33(24(34)36-25)19-11-16-18(12-20(19)35-2)29-14-30-23(16)31-22-17(26)4-3-15(5-8-28)21(22)27/h3-4,11-12,14H,5-10,13H2,1-2H3,(H,29,30,31). The Morgan fingerprint density at radius 3 is 2.72 bits per heavy atom. The number of aryl methyl sites for hydroxylation is 1. The van der Waals surface area contributed by atoms with Crippen LogP contribution in [0, 0.1) is 11.6 Å². The van der Waals surface area contributed by atoms with Crippen molar-refractivity contribution in [3.05, 3.63) is 47.8 Å². The van der Waals surface area contributed by atoms with Gasteiger partial charge in [0.1, 0.15) is 35.0 Å². The third-order valence-corrected chi connectivity index (χ3v) is 7.41. The number of nitrogens with one attached hydrogen (secondary N) is 1. The first-order valence-corrected chi connectivity index (χ1v) is 13.2. The number of ether oxygens (including phenoxy) is 2. The number of alkyl halides is 1. The molecule has 0 saturated carbocycles. The van der Waals surface area contributed by atoms with E-state index in [2.05, 4.69) is 42.8 Å². The maximum absolute atomic E-state index is 15.1. The molecule has 36 heavy (non-hydrogen) atoms. The molecule has 8 nitrogen and oxygen atoms in total. The van der Waals surface area contributed by atoms with Gasteiger partial charge < -0.3 is 19.7 Å². The molecule has 1 aromatic heterocycles. The van der Waals surface area contributed by atoms with Crippen LogP contribution in [0.15, 0.2) is 30.6 Å². The third kappa shape index (κ3) is 4.54. The van der Waals surface area contributed by atoms with Gasteiger partial charge in [-0.3, -0.25) is 4.90 Å². The van der Waals surface area contributed by atoms with Gasteiger partial charge in [-0.15, -0.1) is 0 Å². The molecule has 2 aliphatic rings. The Labute approximate surface area is 221 Å². The second-order valence-corrected chi connectivity index (χ2v) is 10.2. The van der Waals surface area contributed by atoms with Gasteiger partial charge in [-0.2, -0.15) is 0 Å². The highest BCUT2D eigenvalue weighted by atomic mass is 127. The first-order chi connectivity index (χ1) is 17.3. The van der Waals surface area contributed by atoms with Crippen molar-refractivity contribution in [1.82, 2.24) is 14.9 Å². The number of halogens is 3. The minimum absolute atomic E-state index is 0.217. The van der Waals surface area contributed by atoms with E-state index in [1.165, 1.54) is 25.6 Å². The van der Waals surface area contributed by atoms with Crippen LogP contribution in [0.4, 0.5) is 30.8 Å². The summed E-state index contributed by atoms with van der Waals surface area (Å²) in [6.45, 7) is 2.07. The van der Waals surface area contributed by atoms with Gasteiger partial charge in [-0.1, -0.05) is 28.7 Å². The van der Waals surface area contributed by atoms with E-state index < -0.39 is 23.3 Å². The zero-order chi connectivity index (χ0) is 25.4. The van der Waals surface area contributed by atoms with Crippen LogP contribution in [0.3, 0.4) is 0 Å². The molecule has 190 valence electrons. The summed E-state index contributed by atoms with van der Waals surface area (Å²) in [4.78, 5) is 25.3. The summed E-state index contributed by atoms with van der Waals surface area (Å²) in [5.74, 6) is -0.720. The van der Waals surface area contributed by atoms with Crippen molar-refractivity contribution >= 4 is 56.8 Å². The molecule has 0 unspecified atom stereocenters. The number of piperidine rings is 1. The van der Waals surface area contributed by atoms with Crippen molar-refractivity contribution in [2.24, 2.45) is 0 Å². The van der Waals surface area contributed by atoms with Crippen LogP contribution < -0.4 is 15.0 Å². The summed E-state index contributed by atoms with van der Waals surface area (Å²) >= 11 is 2.15. The van der Waals surface area contributed by atoms with E-state index in [9.17, 15) is 9.18 Å². The normalized spacial score (nSPS) is 17.6. The summed E-state index contributed by atoms with van der Waals surface area (Å²) in [5, 5.41) is 3.32. The zero-order valence-corrected chi connectivity index (χ0v) is 22.1. The van der Waals surface area contributed by atoms with Gasteiger partial charge in [0, 0.05) is 41.8 Å². The molecule has 3 aromatic rings. The Bertz CT molecular complexity index is 1320. The molecule has 2 aromatic carbocycles. The summed E-state index contributed by atoms with van der Waals surface area (Å²) in [6, 6.07) is 6.08. The molecular formula is C25H26F2IN5O3. The molecule has 0 aliphatic carbocycles. The average molecular weight is 609 g/mol. The molecule has 5 rings (SSSR count). The van der Waals surface area contributed by atoms with Crippen molar-refractivity contribution in [2.45, 2.75) is 24.9 Å². The topological polar surface area (TPSA) is 79.8 Å². The summed E-state index contributed by atoms with van der Waals surface area (Å²) in [5.41, 5.74) is 0.573. The summed E-state index contributed by atoms with van der Waals surface area (Å²) in [6.07, 6.45) is 2.81. The number of benzene rings is 2. The quantitative estimate of drug-likeness (QED) is 0.309. The minimum atomic E-state index is -0.725. The lowest BCUT2D eigenvalue weighted by atomic mass is 9.91. The van der Waals surface area contributed by atoms with Crippen molar-refractivity contribution in [3.8, 4) is 5.75 Å². The van der Waals surface area contributed by atoms with Gasteiger partial charge in [-0.25, -0.2) is 23.5 Å². The van der Waals surface area contributed by atoms with Gasteiger partial charge in [0.15, 0.2) is 5.82 Å². The maximum atomic E-state index is 15.1. The molecule has 1 spiro atoms. The molecular weight excluding hydrogens is 583 g/mol. The van der Waals surface area contributed by atoms with Crippen LogP contribution in [0.1, 0.15) is 18.4 Å². The second kappa shape index (κ2) is 9.92. The number of rotatable bonds is 6. The van der Waals surface area contributed by atoms with E-state index in [1.54, 1.807) is 17.0 Å². The smallest absolute Gasteiger partial charge is 0.415 e. The number of anilines is 3. The maximum Gasteiger partial charge on any atom is 0.415 e. The van der Waals surface area contributed by atoms with Crippen LogP contribution >= 0.6 is 22.6 Å². The van der Waals surface area contributed by atoms with E-state index in [0.717, 1.165) is 25.9 Å². The number of hydrogen-bond acceptors (Lipinski definition) is 7. The Morgan fingerprint density at radius 1 is 1.22 bits per heavy atom. The van der Waals surface area contributed by atoms with Crippen molar-refractivity contribution in [3.63, 3.8) is 0 Å². The fraction of sp³-hybridized carbons (Fsp3) is 0.400. The monoisotopic (exact) mass is 609 g/mol. The molecule has 1 amide bonds. The third-order valence-electron chi connectivity index (χ3n) is 6.87. The number of amides is 1. The Kier molecular flexibility index (Phi) is 6.86. The van der Waals surface area contributed by atoms with Crippen LogP contribution in [0.5, 0.6) is 5.75 Å². The van der Waals surface area contributed by atoms with Gasteiger partial charge in [0.25, 0.3) is 0 Å². The van der Waals surface area contributed by atoms with Gasteiger partial charge in [-0.05, 0) is 31.2 Å². The highest BCUT2D eigenvalue weighted by molar-refractivity contribution is 14.1. The predicted octanol–water partition coefficient (Wildman–Crippen LogP) is 5.06. The van der Waals surface area contributed by atoms with Gasteiger partial charge in [0.05, 0.1) is 24.9 Å². The number of aromatic nitrogens is 2. The molecule has 0 atom stereocenters. The first kappa shape index (κ1) is 24.9. The molecule has 2 fully saturated rings. The SMILES string of the molecule is COc1cc2ncnc(Nc3c(F)ccc(CCI)c3F)c2cc1N1CC2(CCN(C)CC2)OC1=O. The Balaban J connectivity index is 1.55. The highest BCUT2D eigenvalue weighted by Crippen LogP contribution is 2.41. The molecule has 1 N–H and O–H groups in total. The number of hydrogen-bond donors (Lipinski definition) is 1. The van der Waals surface area contributed by atoms with Crippen LogP contribution in [-0.2, 0) is 11.2 Å². The van der Waals surface area contributed by atoms with E-state index >= 15 is 4.39 Å². The number of fused-ring (bicyclic) bond motifs is 1. The van der Waals surface area contributed by atoms with E-state index in [4.69, 9.17) is 9.47 Å². The number of methoxy groups -OCH3 is 1. The highest BCUT2D eigenvalue weighted by Gasteiger charge is 2.47. The lowest BCUT2D eigenvalue weighted by Crippen LogP contribution is -2.45. The van der Waals surface area contributed by atoms with Crippen LogP contribution in [-0.4, -0.2) is 64.8 Å². The second-order valence-electron chi connectivity index (χ2n) is 9.16. The summed E-state index contributed by atoms with van der Waals surface area (Å²) in [7, 11) is 3.56. The lowest BCUT2D eigenvalue weighted by Gasteiger charge is -2.35. The predicted molar refractivity (Wildman–Crippen MR) is 142 cm³/mol.